The summed E-state index contributed by atoms with van der Waals surface area (Å²) in [6.07, 6.45) is 46.8. The van der Waals surface area contributed by atoms with Crippen LogP contribution in [0.2, 0.25) is 0 Å². The summed E-state index contributed by atoms with van der Waals surface area (Å²) >= 11 is 0. The molecule has 0 aliphatic carbocycles. The van der Waals surface area contributed by atoms with Gasteiger partial charge in [0.1, 0.15) is 0 Å². The first-order valence-electron chi connectivity index (χ1n) is 18.2. The topological polar surface area (TPSA) is 0 Å². The van der Waals surface area contributed by atoms with E-state index in [1.165, 1.54) is 204 Å². The van der Waals surface area contributed by atoms with Crippen molar-refractivity contribution in [3.05, 3.63) is 12.3 Å². The molecule has 0 unspecified atom stereocenters. The minimum absolute atomic E-state index is 0. The highest BCUT2D eigenvalue weighted by Crippen LogP contribution is 2.17. The number of hydrogen-bond acceptors (Lipinski definition) is 0. The second-order valence-corrected chi connectivity index (χ2v) is 12.9. The van der Waals surface area contributed by atoms with E-state index >= 15 is 0 Å². The highest BCUT2D eigenvalue weighted by molar-refractivity contribution is 4.72. The molecule has 0 spiro atoms. The van der Waals surface area contributed by atoms with Gasteiger partial charge in [-0.2, -0.15) is 0 Å². The number of rotatable bonds is 32. The first-order valence-corrected chi connectivity index (χ1v) is 18.2. The lowest BCUT2D eigenvalue weighted by Gasteiger charge is -2.30. The zero-order chi connectivity index (χ0) is 27.8. The number of unbranched alkanes of at least 4 members (excludes halogenated alkanes) is 26. The third-order valence-corrected chi connectivity index (χ3v) is 8.75. The molecule has 0 aliphatic heterocycles. The maximum atomic E-state index is 2.52. The fourth-order valence-electron chi connectivity index (χ4n) is 5.96. The molecule has 0 N–H and O–H groups in total. The summed E-state index contributed by atoms with van der Waals surface area (Å²) < 4.78 is 1.17. The molecule has 0 rings (SSSR count). The maximum absolute atomic E-state index is 2.52. The van der Waals surface area contributed by atoms with Gasteiger partial charge < -0.3 is 17.0 Å². The van der Waals surface area contributed by atoms with E-state index in [1.807, 2.05) is 0 Å². The smallest absolute Gasteiger partial charge is 0.0915 e. The number of nitrogens with zero attached hydrogens (tertiary/aromatic N) is 1. The van der Waals surface area contributed by atoms with Crippen molar-refractivity contribution in [3.8, 4) is 0 Å². The highest BCUT2D eigenvalue weighted by atomic mass is 79.9. The van der Waals surface area contributed by atoms with Gasteiger partial charge in [0.05, 0.1) is 26.3 Å². The summed E-state index contributed by atoms with van der Waals surface area (Å²) in [6.45, 7) is 9.57. The fraction of sp³-hybridized carbons (Fsp3) is 0.946. The van der Waals surface area contributed by atoms with Crippen molar-refractivity contribution in [3.63, 3.8) is 0 Å². The van der Waals surface area contributed by atoms with Gasteiger partial charge in [0, 0.05) is 0 Å². The van der Waals surface area contributed by atoms with E-state index in [0.717, 1.165) is 0 Å². The lowest BCUT2D eigenvalue weighted by Crippen LogP contribution is -3.00. The van der Waals surface area contributed by atoms with Crippen LogP contribution < -0.4 is 17.0 Å². The first kappa shape index (κ1) is 41.3. The van der Waals surface area contributed by atoms with E-state index in [2.05, 4.69) is 40.1 Å². The molecule has 0 aromatic rings. The largest absolute Gasteiger partial charge is 1.00 e. The van der Waals surface area contributed by atoms with Crippen molar-refractivity contribution >= 4 is 0 Å². The predicted molar refractivity (Wildman–Crippen MR) is 176 cm³/mol. The van der Waals surface area contributed by atoms with Crippen LogP contribution >= 0.6 is 0 Å². The molecule has 0 bridgehead atoms. The normalized spacial score (nSPS) is 11.9. The van der Waals surface area contributed by atoms with Gasteiger partial charge >= 0.3 is 0 Å². The number of halogens is 1. The summed E-state index contributed by atoms with van der Waals surface area (Å²) in [6, 6.07) is 0. The first-order chi connectivity index (χ1) is 18.7. The van der Waals surface area contributed by atoms with Gasteiger partial charge in [-0.1, -0.05) is 175 Å². The molecule has 0 aromatic carbocycles. The molecule has 0 aromatic heterocycles. The molecule has 0 atom stereocenters. The number of hydrogen-bond donors (Lipinski definition) is 0. The number of quaternary nitrogens is 1. The Hall–Kier alpha value is 0.180. The molecule has 236 valence electrons. The molecule has 0 saturated carbocycles. The number of allylic oxidation sites excluding steroid dienone is 1. The minimum atomic E-state index is 0. The third kappa shape index (κ3) is 32.6. The molecular formula is C37H76BrN. The Morgan fingerprint density at radius 3 is 0.821 bits per heavy atom. The second-order valence-electron chi connectivity index (χ2n) is 12.9. The molecule has 0 fully saturated rings. The van der Waals surface area contributed by atoms with E-state index < -0.39 is 0 Å². The molecule has 0 radical (unpaired) electrons. The van der Waals surface area contributed by atoms with Crippen LogP contribution in [-0.2, 0) is 0 Å². The molecule has 0 saturated heterocycles. The van der Waals surface area contributed by atoms with Gasteiger partial charge in [0.15, 0.2) is 0 Å². The summed E-state index contributed by atoms with van der Waals surface area (Å²) in [5, 5.41) is 0. The van der Waals surface area contributed by atoms with E-state index in [1.54, 1.807) is 0 Å². The molecular weight excluding hydrogens is 538 g/mol. The summed E-state index contributed by atoms with van der Waals surface area (Å²) in [5.41, 5.74) is 0. The minimum Gasteiger partial charge on any atom is -1.00 e. The van der Waals surface area contributed by atoms with Gasteiger partial charge in [0.25, 0.3) is 0 Å². The van der Waals surface area contributed by atoms with Crippen LogP contribution in [0.4, 0.5) is 0 Å². The second kappa shape index (κ2) is 34.4. The van der Waals surface area contributed by atoms with Crippen LogP contribution in [0.5, 0.6) is 0 Å². The highest BCUT2D eigenvalue weighted by Gasteiger charge is 2.17. The van der Waals surface area contributed by atoms with Crippen LogP contribution in [0.25, 0.3) is 0 Å². The molecule has 2 heteroatoms. The van der Waals surface area contributed by atoms with Gasteiger partial charge in [-0.25, -0.2) is 0 Å². The van der Waals surface area contributed by atoms with Crippen molar-refractivity contribution in [2.45, 2.75) is 207 Å². The predicted octanol–water partition coefficient (Wildman–Crippen LogP) is 10.3. The molecule has 0 heterocycles. The van der Waals surface area contributed by atoms with Crippen molar-refractivity contribution < 1.29 is 21.5 Å². The Balaban J connectivity index is 0. The quantitative estimate of drug-likeness (QED) is 0.0522. The van der Waals surface area contributed by atoms with Gasteiger partial charge in [0.2, 0.25) is 0 Å². The lowest BCUT2D eigenvalue weighted by molar-refractivity contribution is -0.860. The zero-order valence-corrected chi connectivity index (χ0v) is 29.5. The average molecular weight is 615 g/mol. The Kier molecular flexibility index (Phi) is 36.4. The fourth-order valence-corrected chi connectivity index (χ4v) is 5.96. The van der Waals surface area contributed by atoms with Crippen LogP contribution in [0.3, 0.4) is 0 Å². The SMILES string of the molecule is CCC=C[N+](C)(CCCCCCCCCCCCCCCC)CCCCCCCCCCCCCCCC.[Br-]. The van der Waals surface area contributed by atoms with Crippen molar-refractivity contribution in [2.75, 3.05) is 20.1 Å². The lowest BCUT2D eigenvalue weighted by atomic mass is 10.0. The van der Waals surface area contributed by atoms with E-state index in [9.17, 15) is 0 Å². The van der Waals surface area contributed by atoms with Crippen LogP contribution in [0, 0.1) is 0 Å². The summed E-state index contributed by atoms with van der Waals surface area (Å²) in [5.74, 6) is 0. The van der Waals surface area contributed by atoms with Crippen LogP contribution in [0.1, 0.15) is 207 Å². The van der Waals surface area contributed by atoms with Gasteiger partial charge in [-0.15, -0.1) is 0 Å². The molecule has 39 heavy (non-hydrogen) atoms. The van der Waals surface area contributed by atoms with E-state index in [0.29, 0.717) is 0 Å². The van der Waals surface area contributed by atoms with Gasteiger partial charge in [-0.3, -0.25) is 4.48 Å². The zero-order valence-electron chi connectivity index (χ0n) is 27.9. The third-order valence-electron chi connectivity index (χ3n) is 8.75. The molecule has 1 nitrogen and oxygen atoms in total. The van der Waals surface area contributed by atoms with Crippen molar-refractivity contribution in [2.24, 2.45) is 0 Å². The Morgan fingerprint density at radius 1 is 0.359 bits per heavy atom. The Morgan fingerprint density at radius 2 is 0.590 bits per heavy atom. The van der Waals surface area contributed by atoms with E-state index in [4.69, 9.17) is 0 Å². The van der Waals surface area contributed by atoms with Crippen LogP contribution in [0.15, 0.2) is 12.3 Å². The molecule has 0 aliphatic rings. The standard InChI is InChI=1S/C37H76N.BrH/c1-5-8-11-13-15-17-19-21-23-25-27-29-31-33-36-38(4,35-10-7-3)37-34-32-30-28-26-24-22-20-18-16-14-12-9-6-2;/h10,35H,5-9,11-34,36-37H2,1-4H3;1H/q+1;/p-1. The monoisotopic (exact) mass is 614 g/mol. The molecule has 0 amide bonds. The summed E-state index contributed by atoms with van der Waals surface area (Å²) in [7, 11) is 2.48. The van der Waals surface area contributed by atoms with Crippen molar-refractivity contribution in [1.29, 1.82) is 0 Å². The van der Waals surface area contributed by atoms with E-state index in [-0.39, 0.29) is 17.0 Å². The van der Waals surface area contributed by atoms with Gasteiger partial charge in [-0.05, 0) is 38.2 Å². The van der Waals surface area contributed by atoms with Crippen molar-refractivity contribution in [1.82, 2.24) is 0 Å². The van der Waals surface area contributed by atoms with Crippen LogP contribution in [-0.4, -0.2) is 24.6 Å². The Bertz CT molecular complexity index is 428. The summed E-state index contributed by atoms with van der Waals surface area (Å²) in [4.78, 5) is 0. The Labute approximate surface area is 260 Å². The average Bonchev–Trinajstić information content (AvgIpc) is 2.92. The maximum Gasteiger partial charge on any atom is 0.0915 e.